The van der Waals surface area contributed by atoms with Gasteiger partial charge in [-0.2, -0.15) is 0 Å². The van der Waals surface area contributed by atoms with E-state index >= 15 is 0 Å². The average Bonchev–Trinajstić information content (AvgIpc) is 3.17. The summed E-state index contributed by atoms with van der Waals surface area (Å²) in [5.74, 6) is 0.169. The zero-order valence-corrected chi connectivity index (χ0v) is 13.8. The fraction of sp³-hybridized carbons (Fsp3) is 0.611. The molecule has 2 N–H and O–H groups in total. The van der Waals surface area contributed by atoms with Crippen molar-refractivity contribution in [3.8, 4) is 0 Å². The lowest BCUT2D eigenvalue weighted by atomic mass is 9.90. The number of amides is 1. The molecule has 2 saturated heterocycles. The van der Waals surface area contributed by atoms with Gasteiger partial charge < -0.3 is 15.5 Å². The third-order valence-electron chi connectivity index (χ3n) is 5.17. The number of nitrogens with two attached hydrogens (primary N) is 1. The number of rotatable bonds is 3. The van der Waals surface area contributed by atoms with Gasteiger partial charge in [-0.25, -0.2) is 0 Å². The Morgan fingerprint density at radius 1 is 1.27 bits per heavy atom. The number of hydrogen-bond acceptors (Lipinski definition) is 3. The molecule has 0 saturated carbocycles. The Bertz CT molecular complexity index is 565. The molecule has 3 rings (SSSR count). The number of nitrogens with zero attached hydrogens (tertiary/aromatic N) is 2. The first-order valence-corrected chi connectivity index (χ1v) is 8.37. The van der Waals surface area contributed by atoms with Crippen molar-refractivity contribution >= 4 is 11.6 Å². The molecule has 1 aromatic carbocycles. The highest BCUT2D eigenvalue weighted by molar-refractivity contribution is 6.00. The molecule has 2 heterocycles. The summed E-state index contributed by atoms with van der Waals surface area (Å²) < 4.78 is 0. The maximum Gasteiger partial charge on any atom is 0.255 e. The van der Waals surface area contributed by atoms with Gasteiger partial charge in [0.2, 0.25) is 0 Å². The maximum absolute atomic E-state index is 13.0. The van der Waals surface area contributed by atoms with Crippen molar-refractivity contribution in [1.29, 1.82) is 0 Å². The largest absolute Gasteiger partial charge is 0.371 e. The van der Waals surface area contributed by atoms with E-state index in [1.807, 2.05) is 11.0 Å². The first kappa shape index (κ1) is 15.3. The van der Waals surface area contributed by atoms with Crippen LogP contribution in [0, 0.1) is 12.3 Å². The van der Waals surface area contributed by atoms with Crippen LogP contribution < -0.4 is 10.6 Å². The van der Waals surface area contributed by atoms with Gasteiger partial charge in [0.15, 0.2) is 0 Å². The van der Waals surface area contributed by atoms with Gasteiger partial charge >= 0.3 is 0 Å². The number of carbonyl (C=O) groups excluding carboxylic acids is 1. The van der Waals surface area contributed by atoms with Gasteiger partial charge in [-0.1, -0.05) is 18.6 Å². The highest BCUT2D eigenvalue weighted by Crippen LogP contribution is 2.32. The summed E-state index contributed by atoms with van der Waals surface area (Å²) in [5.41, 5.74) is 9.07. The maximum atomic E-state index is 13.0. The van der Waals surface area contributed by atoms with E-state index in [0.717, 1.165) is 49.4 Å². The van der Waals surface area contributed by atoms with Crippen molar-refractivity contribution < 1.29 is 4.79 Å². The Kier molecular flexibility index (Phi) is 4.13. The highest BCUT2D eigenvalue weighted by atomic mass is 16.2. The zero-order chi connectivity index (χ0) is 15.7. The van der Waals surface area contributed by atoms with Crippen molar-refractivity contribution in [2.24, 2.45) is 11.1 Å². The molecule has 120 valence electrons. The number of aryl methyl sites for hydroxylation is 1. The van der Waals surface area contributed by atoms with Gasteiger partial charge in [0, 0.05) is 31.9 Å². The number of likely N-dealkylation sites (tertiary alicyclic amines) is 1. The fourth-order valence-electron chi connectivity index (χ4n) is 3.59. The van der Waals surface area contributed by atoms with E-state index in [1.54, 1.807) is 0 Å². The Hall–Kier alpha value is -1.55. The summed E-state index contributed by atoms with van der Waals surface area (Å²) in [6.07, 6.45) is 3.44. The van der Waals surface area contributed by atoms with Gasteiger partial charge in [0.05, 0.1) is 5.56 Å². The predicted molar refractivity (Wildman–Crippen MR) is 90.3 cm³/mol. The summed E-state index contributed by atoms with van der Waals surface area (Å²) in [7, 11) is 0. The van der Waals surface area contributed by atoms with E-state index in [0.29, 0.717) is 6.54 Å². The molecule has 0 bridgehead atoms. The molecule has 1 amide bonds. The average molecular weight is 301 g/mol. The molecule has 1 unspecified atom stereocenters. The van der Waals surface area contributed by atoms with E-state index in [2.05, 4.69) is 30.9 Å². The SMILES string of the molecule is Cc1ccc(N2CCCC2)c(C(=O)N2CCC(C)(CN)C2)c1. The minimum atomic E-state index is 0.0767. The molecule has 4 heteroatoms. The lowest BCUT2D eigenvalue weighted by Crippen LogP contribution is -2.35. The van der Waals surface area contributed by atoms with Crippen molar-refractivity contribution in [2.45, 2.75) is 33.1 Å². The monoisotopic (exact) mass is 301 g/mol. The highest BCUT2D eigenvalue weighted by Gasteiger charge is 2.36. The normalized spacial score (nSPS) is 25.0. The molecule has 0 spiro atoms. The Labute approximate surface area is 133 Å². The van der Waals surface area contributed by atoms with Crippen LogP contribution in [-0.4, -0.2) is 43.5 Å². The third-order valence-corrected chi connectivity index (χ3v) is 5.17. The van der Waals surface area contributed by atoms with Crippen molar-refractivity contribution in [3.63, 3.8) is 0 Å². The van der Waals surface area contributed by atoms with Gasteiger partial charge in [-0.3, -0.25) is 4.79 Å². The number of benzene rings is 1. The summed E-state index contributed by atoms with van der Waals surface area (Å²) in [6, 6.07) is 6.28. The summed E-state index contributed by atoms with van der Waals surface area (Å²) in [6.45, 7) is 8.59. The Morgan fingerprint density at radius 3 is 2.64 bits per heavy atom. The predicted octanol–water partition coefficient (Wildman–Crippen LogP) is 2.41. The third kappa shape index (κ3) is 2.84. The lowest BCUT2D eigenvalue weighted by molar-refractivity contribution is 0.0777. The summed E-state index contributed by atoms with van der Waals surface area (Å²) in [5, 5.41) is 0. The molecule has 0 radical (unpaired) electrons. The molecule has 2 aliphatic rings. The molecular weight excluding hydrogens is 274 g/mol. The summed E-state index contributed by atoms with van der Waals surface area (Å²) in [4.78, 5) is 17.4. The van der Waals surface area contributed by atoms with E-state index in [1.165, 1.54) is 12.8 Å². The lowest BCUT2D eigenvalue weighted by Gasteiger charge is -2.26. The number of carbonyl (C=O) groups is 1. The topological polar surface area (TPSA) is 49.6 Å². The smallest absolute Gasteiger partial charge is 0.255 e. The molecular formula is C18H27N3O. The van der Waals surface area contributed by atoms with Crippen molar-refractivity contribution in [2.75, 3.05) is 37.6 Å². The molecule has 0 aromatic heterocycles. The Balaban J connectivity index is 1.87. The quantitative estimate of drug-likeness (QED) is 0.932. The molecule has 2 fully saturated rings. The first-order chi connectivity index (χ1) is 10.5. The van der Waals surface area contributed by atoms with Crippen LogP contribution in [0.15, 0.2) is 18.2 Å². The Morgan fingerprint density at radius 2 is 2.00 bits per heavy atom. The second-order valence-electron chi connectivity index (χ2n) is 7.21. The fourth-order valence-corrected chi connectivity index (χ4v) is 3.59. The second-order valence-corrected chi connectivity index (χ2v) is 7.21. The molecule has 0 aliphatic carbocycles. The molecule has 2 aliphatic heterocycles. The van der Waals surface area contributed by atoms with Gasteiger partial charge in [0.1, 0.15) is 0 Å². The van der Waals surface area contributed by atoms with Crippen LogP contribution in [0.3, 0.4) is 0 Å². The van der Waals surface area contributed by atoms with Crippen molar-refractivity contribution in [1.82, 2.24) is 4.90 Å². The standard InChI is InChI=1S/C18H27N3O/c1-14-5-6-16(20-8-3-4-9-20)15(11-14)17(22)21-10-7-18(2,12-19)13-21/h5-6,11H,3-4,7-10,12-13,19H2,1-2H3. The van der Waals surface area contributed by atoms with Crippen LogP contribution in [0.25, 0.3) is 0 Å². The van der Waals surface area contributed by atoms with Crippen LogP contribution >= 0.6 is 0 Å². The van der Waals surface area contributed by atoms with E-state index < -0.39 is 0 Å². The van der Waals surface area contributed by atoms with Gasteiger partial charge in [-0.05, 0) is 50.3 Å². The minimum absolute atomic E-state index is 0.0767. The van der Waals surface area contributed by atoms with E-state index in [4.69, 9.17) is 5.73 Å². The molecule has 4 nitrogen and oxygen atoms in total. The molecule has 1 atom stereocenters. The van der Waals surface area contributed by atoms with Crippen molar-refractivity contribution in [3.05, 3.63) is 29.3 Å². The molecule has 1 aromatic rings. The van der Waals surface area contributed by atoms with Crippen LogP contribution in [-0.2, 0) is 0 Å². The van der Waals surface area contributed by atoms with Crippen LogP contribution in [0.2, 0.25) is 0 Å². The van der Waals surface area contributed by atoms with Crippen LogP contribution in [0.5, 0.6) is 0 Å². The van der Waals surface area contributed by atoms with Crippen LogP contribution in [0.4, 0.5) is 5.69 Å². The van der Waals surface area contributed by atoms with Crippen LogP contribution in [0.1, 0.15) is 42.1 Å². The molecule has 22 heavy (non-hydrogen) atoms. The first-order valence-electron chi connectivity index (χ1n) is 8.37. The van der Waals surface area contributed by atoms with E-state index in [9.17, 15) is 4.79 Å². The number of hydrogen-bond donors (Lipinski definition) is 1. The summed E-state index contributed by atoms with van der Waals surface area (Å²) >= 11 is 0. The zero-order valence-electron chi connectivity index (χ0n) is 13.8. The second kappa shape index (κ2) is 5.92. The number of anilines is 1. The van der Waals surface area contributed by atoms with E-state index in [-0.39, 0.29) is 11.3 Å². The van der Waals surface area contributed by atoms with Gasteiger partial charge in [-0.15, -0.1) is 0 Å². The van der Waals surface area contributed by atoms with Gasteiger partial charge in [0.25, 0.3) is 5.91 Å². The minimum Gasteiger partial charge on any atom is -0.371 e.